The Morgan fingerprint density at radius 1 is 0.964 bits per heavy atom. The van der Waals surface area contributed by atoms with Crippen molar-refractivity contribution in [1.29, 1.82) is 0 Å². The Balaban J connectivity index is 2.16. The van der Waals surface area contributed by atoms with E-state index in [1.807, 2.05) is 18.2 Å². The molecule has 2 aromatic carbocycles. The van der Waals surface area contributed by atoms with Crippen LogP contribution in [-0.4, -0.2) is 34.6 Å². The van der Waals surface area contributed by atoms with Crippen LogP contribution in [0.15, 0.2) is 46.7 Å². The molecule has 146 valence electrons. The SMILES string of the molecule is COC(=O)c1sc(S(=O)(=O)Nc2cccc3ccccc23)c(C(=O)OC)c1C. The normalized spacial score (nSPS) is 11.2. The van der Waals surface area contributed by atoms with Gasteiger partial charge in [-0.3, -0.25) is 4.72 Å². The summed E-state index contributed by atoms with van der Waals surface area (Å²) in [6.45, 7) is 1.48. The minimum absolute atomic E-state index is 0.0289. The van der Waals surface area contributed by atoms with Crippen LogP contribution in [0.2, 0.25) is 0 Å². The summed E-state index contributed by atoms with van der Waals surface area (Å²) in [4.78, 5) is 24.3. The van der Waals surface area contributed by atoms with Gasteiger partial charge in [0.25, 0.3) is 10.0 Å². The van der Waals surface area contributed by atoms with Gasteiger partial charge >= 0.3 is 11.9 Å². The molecule has 0 aliphatic carbocycles. The number of esters is 2. The van der Waals surface area contributed by atoms with Crippen LogP contribution in [0, 0.1) is 6.92 Å². The highest BCUT2D eigenvalue weighted by atomic mass is 32.2. The van der Waals surface area contributed by atoms with E-state index in [-0.39, 0.29) is 20.2 Å². The number of hydrogen-bond acceptors (Lipinski definition) is 7. The molecule has 7 nitrogen and oxygen atoms in total. The van der Waals surface area contributed by atoms with Crippen LogP contribution in [0.25, 0.3) is 10.8 Å². The van der Waals surface area contributed by atoms with Gasteiger partial charge in [0, 0.05) is 5.39 Å². The Bertz CT molecular complexity index is 1180. The number of anilines is 1. The third kappa shape index (κ3) is 3.46. The van der Waals surface area contributed by atoms with E-state index in [9.17, 15) is 18.0 Å². The first-order valence-electron chi connectivity index (χ1n) is 8.10. The molecular weight excluding hydrogens is 402 g/mol. The van der Waals surface area contributed by atoms with E-state index in [1.165, 1.54) is 14.0 Å². The number of carbonyl (C=O) groups is 2. The summed E-state index contributed by atoms with van der Waals surface area (Å²) in [6, 6.07) is 12.5. The van der Waals surface area contributed by atoms with Crippen LogP contribution in [0.5, 0.6) is 0 Å². The van der Waals surface area contributed by atoms with E-state index < -0.39 is 22.0 Å². The number of nitrogens with one attached hydrogen (secondary N) is 1. The fourth-order valence-corrected chi connectivity index (χ4v) is 5.63. The smallest absolute Gasteiger partial charge is 0.348 e. The van der Waals surface area contributed by atoms with Crippen LogP contribution in [-0.2, 0) is 19.5 Å². The molecule has 1 aromatic heterocycles. The summed E-state index contributed by atoms with van der Waals surface area (Å²) >= 11 is 0.668. The molecule has 0 fully saturated rings. The standard InChI is InChI=1S/C19H17NO6S2/c1-11-15(17(21)25-2)19(27-16(11)18(22)26-3)28(23,24)20-14-10-6-8-12-7-4-5-9-13(12)14/h4-10,20H,1-3H3. The van der Waals surface area contributed by atoms with E-state index in [0.717, 1.165) is 12.5 Å². The van der Waals surface area contributed by atoms with Crippen LogP contribution < -0.4 is 4.72 Å². The highest BCUT2D eigenvalue weighted by Gasteiger charge is 2.32. The number of rotatable bonds is 5. The van der Waals surface area contributed by atoms with Crippen molar-refractivity contribution in [2.75, 3.05) is 18.9 Å². The van der Waals surface area contributed by atoms with E-state index >= 15 is 0 Å². The van der Waals surface area contributed by atoms with Gasteiger partial charge in [-0.2, -0.15) is 0 Å². The molecule has 0 saturated carbocycles. The van der Waals surface area contributed by atoms with Crippen molar-refractivity contribution in [1.82, 2.24) is 0 Å². The summed E-state index contributed by atoms with van der Waals surface area (Å²) in [5, 5.41) is 1.56. The molecule has 1 heterocycles. The van der Waals surface area contributed by atoms with Crippen molar-refractivity contribution in [3.63, 3.8) is 0 Å². The molecule has 0 amide bonds. The summed E-state index contributed by atoms with van der Waals surface area (Å²) in [6.07, 6.45) is 0. The van der Waals surface area contributed by atoms with Crippen molar-refractivity contribution in [3.8, 4) is 0 Å². The van der Waals surface area contributed by atoms with Crippen LogP contribution in [0.1, 0.15) is 25.6 Å². The molecule has 9 heteroatoms. The maximum absolute atomic E-state index is 13.1. The Hall–Kier alpha value is -2.91. The molecule has 0 saturated heterocycles. The number of ether oxygens (including phenoxy) is 2. The van der Waals surface area contributed by atoms with Crippen molar-refractivity contribution in [3.05, 3.63) is 58.5 Å². The van der Waals surface area contributed by atoms with Gasteiger partial charge in [-0.1, -0.05) is 36.4 Å². The number of sulfonamides is 1. The van der Waals surface area contributed by atoms with Gasteiger partial charge in [0.05, 0.1) is 25.5 Å². The zero-order valence-corrected chi connectivity index (χ0v) is 16.9. The second-order valence-electron chi connectivity index (χ2n) is 5.83. The zero-order chi connectivity index (χ0) is 20.5. The molecule has 0 aliphatic rings. The van der Waals surface area contributed by atoms with Crippen molar-refractivity contribution < 1.29 is 27.5 Å². The summed E-state index contributed by atoms with van der Waals surface area (Å²) in [5.74, 6) is -1.57. The third-order valence-electron chi connectivity index (χ3n) is 4.15. The molecule has 0 radical (unpaired) electrons. The summed E-state index contributed by atoms with van der Waals surface area (Å²) < 4.78 is 37.8. The average Bonchev–Trinajstić information content (AvgIpc) is 3.05. The van der Waals surface area contributed by atoms with E-state index in [4.69, 9.17) is 9.47 Å². The molecule has 0 bridgehead atoms. The maximum Gasteiger partial charge on any atom is 0.348 e. The quantitative estimate of drug-likeness (QED) is 0.635. The van der Waals surface area contributed by atoms with E-state index in [0.29, 0.717) is 22.4 Å². The van der Waals surface area contributed by atoms with E-state index in [1.54, 1.807) is 24.3 Å². The fourth-order valence-electron chi connectivity index (χ4n) is 2.81. The number of benzene rings is 2. The Kier molecular flexibility index (Phi) is 5.39. The maximum atomic E-state index is 13.1. The van der Waals surface area contributed by atoms with Gasteiger partial charge in [0.1, 0.15) is 4.88 Å². The number of hydrogen-bond donors (Lipinski definition) is 1. The number of thiophene rings is 1. The van der Waals surface area contributed by atoms with Gasteiger partial charge in [-0.05, 0) is 23.9 Å². The Labute approximate surface area is 165 Å². The van der Waals surface area contributed by atoms with E-state index in [2.05, 4.69) is 4.72 Å². The monoisotopic (exact) mass is 419 g/mol. The molecule has 0 unspecified atom stereocenters. The van der Waals surface area contributed by atoms with Crippen molar-refractivity contribution >= 4 is 49.8 Å². The van der Waals surface area contributed by atoms with Gasteiger partial charge in [0.15, 0.2) is 4.21 Å². The molecule has 0 atom stereocenters. The highest BCUT2D eigenvalue weighted by Crippen LogP contribution is 2.35. The lowest BCUT2D eigenvalue weighted by molar-refractivity contribution is 0.0596. The van der Waals surface area contributed by atoms with Gasteiger partial charge in [-0.15, -0.1) is 11.3 Å². The van der Waals surface area contributed by atoms with Crippen LogP contribution >= 0.6 is 11.3 Å². The molecular formula is C19H17NO6S2. The number of carbonyl (C=O) groups excluding carboxylic acids is 2. The predicted molar refractivity (Wildman–Crippen MR) is 106 cm³/mol. The summed E-state index contributed by atoms with van der Waals surface area (Å²) in [7, 11) is -1.85. The number of fused-ring (bicyclic) bond motifs is 1. The van der Waals surface area contributed by atoms with Gasteiger partial charge in [0.2, 0.25) is 0 Å². The minimum Gasteiger partial charge on any atom is -0.465 e. The zero-order valence-electron chi connectivity index (χ0n) is 15.3. The molecule has 28 heavy (non-hydrogen) atoms. The van der Waals surface area contributed by atoms with Crippen LogP contribution in [0.4, 0.5) is 5.69 Å². The second-order valence-corrected chi connectivity index (χ2v) is 8.73. The molecule has 3 aromatic rings. The van der Waals surface area contributed by atoms with Crippen LogP contribution in [0.3, 0.4) is 0 Å². The molecule has 1 N–H and O–H groups in total. The number of methoxy groups -OCH3 is 2. The van der Waals surface area contributed by atoms with Gasteiger partial charge < -0.3 is 9.47 Å². The lowest BCUT2D eigenvalue weighted by Gasteiger charge is -2.11. The predicted octanol–water partition coefficient (Wildman–Crippen LogP) is 3.58. The topological polar surface area (TPSA) is 98.8 Å². The fraction of sp³-hybridized carbons (Fsp3) is 0.158. The Morgan fingerprint density at radius 3 is 2.29 bits per heavy atom. The largest absolute Gasteiger partial charge is 0.465 e. The van der Waals surface area contributed by atoms with Gasteiger partial charge in [-0.25, -0.2) is 18.0 Å². The van der Waals surface area contributed by atoms with Crippen molar-refractivity contribution in [2.24, 2.45) is 0 Å². The average molecular weight is 419 g/mol. The molecule has 3 rings (SSSR count). The van der Waals surface area contributed by atoms with Crippen molar-refractivity contribution in [2.45, 2.75) is 11.1 Å². The first-order chi connectivity index (χ1) is 13.3. The molecule has 0 spiro atoms. The summed E-state index contributed by atoms with van der Waals surface area (Å²) in [5.41, 5.74) is 0.377. The third-order valence-corrected chi connectivity index (χ3v) is 7.31. The minimum atomic E-state index is -4.17. The lowest BCUT2D eigenvalue weighted by atomic mass is 10.1. The highest BCUT2D eigenvalue weighted by molar-refractivity contribution is 7.94. The lowest BCUT2D eigenvalue weighted by Crippen LogP contribution is -2.16. The Morgan fingerprint density at radius 2 is 1.61 bits per heavy atom. The molecule has 0 aliphatic heterocycles. The first-order valence-corrected chi connectivity index (χ1v) is 10.4. The first kappa shape index (κ1) is 19.8. The second kappa shape index (κ2) is 7.61.